The molecule has 2 saturated heterocycles. The molecule has 3 aliphatic rings. The number of carbonyl (C=O) groups is 1. The lowest BCUT2D eigenvalue weighted by atomic mass is 9.84. The molecule has 0 aromatic heterocycles. The van der Waals surface area contributed by atoms with Crippen molar-refractivity contribution in [1.29, 1.82) is 0 Å². The zero-order chi connectivity index (χ0) is 11.7. The number of nitrogens with zero attached hydrogens (tertiary/aromatic N) is 1. The first-order valence-electron chi connectivity index (χ1n) is 5.13. The summed E-state index contributed by atoms with van der Waals surface area (Å²) < 4.78 is 0. The molecule has 3 N–H and O–H groups in total. The number of rotatable bonds is 1. The maximum Gasteiger partial charge on any atom is 0.433 e. The van der Waals surface area contributed by atoms with E-state index in [0.717, 1.165) is 12.8 Å². The lowest BCUT2D eigenvalue weighted by Gasteiger charge is -2.43. The minimum atomic E-state index is -0.799. The molecule has 1 amide bonds. The first-order valence-corrected chi connectivity index (χ1v) is 6.01. The first-order chi connectivity index (χ1) is 7.63. The Morgan fingerprint density at radius 2 is 2.25 bits per heavy atom. The number of fused-ring (bicyclic) bond motifs is 3. The third-order valence-corrected chi connectivity index (χ3v) is 4.35. The predicted octanol–water partition coefficient (Wildman–Crippen LogP) is -0.0969. The van der Waals surface area contributed by atoms with Crippen LogP contribution in [0.5, 0.6) is 0 Å². The highest BCUT2D eigenvalue weighted by atomic mass is 32.2. The number of oxime groups is 1. The van der Waals surface area contributed by atoms with Crippen LogP contribution in [0.4, 0.5) is 4.79 Å². The molecule has 0 spiro atoms. The molecule has 3 rings (SSSR count). The Morgan fingerprint density at radius 3 is 2.88 bits per heavy atom. The highest BCUT2D eigenvalue weighted by Gasteiger charge is 2.46. The summed E-state index contributed by atoms with van der Waals surface area (Å²) >= 11 is 1.38. The van der Waals surface area contributed by atoms with Crippen molar-refractivity contribution in [1.82, 2.24) is 5.32 Å². The molecule has 6 nitrogen and oxygen atoms in total. The molecule has 90 valence electrons. The fourth-order valence-electron chi connectivity index (χ4n) is 2.01. The monoisotopic (exact) mass is 246 g/mol. The zero-order valence-electron chi connectivity index (χ0n) is 8.79. The number of carbonyl (C=O) groups excluding carboxylic acids is 1. The molecular weight excluding hydrogens is 232 g/mol. The van der Waals surface area contributed by atoms with Crippen molar-refractivity contribution >= 4 is 22.9 Å². The van der Waals surface area contributed by atoms with Gasteiger partial charge in [0.2, 0.25) is 0 Å². The number of hydrogen-bond donors (Lipinski definition) is 3. The van der Waals surface area contributed by atoms with Crippen LogP contribution in [-0.2, 0) is 4.84 Å². The van der Waals surface area contributed by atoms with Crippen LogP contribution in [0.15, 0.2) is 5.16 Å². The van der Waals surface area contributed by atoms with Gasteiger partial charge in [0.15, 0.2) is 0 Å². The standard InChI is InChI=1S/C9H14N2O4S/c1-10-9(14)15-11-8-4-2-3-5(16-8)7(13)6(4)12/h4-7,12-13H,2-3H2,1H3,(H,10,14)/b11-8+. The molecule has 4 atom stereocenters. The van der Waals surface area contributed by atoms with Gasteiger partial charge in [-0.3, -0.25) is 4.84 Å². The Hall–Kier alpha value is -0.790. The predicted molar refractivity (Wildman–Crippen MR) is 59.1 cm³/mol. The van der Waals surface area contributed by atoms with Crippen LogP contribution in [0.25, 0.3) is 0 Å². The first kappa shape index (κ1) is 11.7. The van der Waals surface area contributed by atoms with Gasteiger partial charge in [-0.1, -0.05) is 5.16 Å². The average molecular weight is 246 g/mol. The number of aliphatic hydroxyl groups is 2. The highest BCUT2D eigenvalue weighted by molar-refractivity contribution is 8.14. The Bertz CT molecular complexity index is 321. The largest absolute Gasteiger partial charge is 0.433 e. The van der Waals surface area contributed by atoms with Gasteiger partial charge in [-0.05, 0) is 12.8 Å². The van der Waals surface area contributed by atoms with Gasteiger partial charge in [0.25, 0.3) is 0 Å². The summed E-state index contributed by atoms with van der Waals surface area (Å²) in [6, 6.07) is 0. The second-order valence-electron chi connectivity index (χ2n) is 3.88. The van der Waals surface area contributed by atoms with E-state index in [4.69, 9.17) is 0 Å². The van der Waals surface area contributed by atoms with E-state index >= 15 is 0 Å². The van der Waals surface area contributed by atoms with Crippen LogP contribution < -0.4 is 5.32 Å². The summed E-state index contributed by atoms with van der Waals surface area (Å²) in [5.41, 5.74) is 0. The van der Waals surface area contributed by atoms with Gasteiger partial charge in [-0.15, -0.1) is 11.8 Å². The van der Waals surface area contributed by atoms with Gasteiger partial charge in [0.1, 0.15) is 5.04 Å². The van der Waals surface area contributed by atoms with E-state index in [-0.39, 0.29) is 11.2 Å². The van der Waals surface area contributed by atoms with Crippen molar-refractivity contribution in [3.05, 3.63) is 0 Å². The van der Waals surface area contributed by atoms with Crippen molar-refractivity contribution in [2.75, 3.05) is 7.05 Å². The third-order valence-electron chi connectivity index (χ3n) is 2.92. The molecule has 0 radical (unpaired) electrons. The number of nitrogens with one attached hydrogen (secondary N) is 1. The molecule has 2 heterocycles. The topological polar surface area (TPSA) is 91.2 Å². The fourth-order valence-corrected chi connectivity index (χ4v) is 3.38. The summed E-state index contributed by atoms with van der Waals surface area (Å²) in [4.78, 5) is 15.4. The Morgan fingerprint density at radius 1 is 1.50 bits per heavy atom. The van der Waals surface area contributed by atoms with Gasteiger partial charge in [0.05, 0.1) is 12.2 Å². The molecule has 0 aromatic rings. The van der Waals surface area contributed by atoms with E-state index in [9.17, 15) is 15.0 Å². The van der Waals surface area contributed by atoms with E-state index in [2.05, 4.69) is 15.3 Å². The van der Waals surface area contributed by atoms with Crippen LogP contribution in [-0.4, -0.2) is 45.9 Å². The Balaban J connectivity index is 2.05. The molecular formula is C9H14N2O4S. The molecule has 7 heteroatoms. The summed E-state index contributed by atoms with van der Waals surface area (Å²) in [5, 5.41) is 26.0. The molecule has 1 aliphatic carbocycles. The normalized spacial score (nSPS) is 39.8. The lowest BCUT2D eigenvalue weighted by molar-refractivity contribution is -0.0250. The fraction of sp³-hybridized carbons (Fsp3) is 0.778. The zero-order valence-corrected chi connectivity index (χ0v) is 9.61. The molecule has 0 aromatic carbocycles. The molecule has 16 heavy (non-hydrogen) atoms. The molecule has 3 fully saturated rings. The van der Waals surface area contributed by atoms with Gasteiger partial charge < -0.3 is 15.5 Å². The molecule has 2 bridgehead atoms. The Kier molecular flexibility index (Phi) is 3.36. The van der Waals surface area contributed by atoms with Crippen LogP contribution in [0.1, 0.15) is 12.8 Å². The second kappa shape index (κ2) is 4.60. The van der Waals surface area contributed by atoms with Crippen LogP contribution >= 0.6 is 11.8 Å². The highest BCUT2D eigenvalue weighted by Crippen LogP contribution is 2.43. The van der Waals surface area contributed by atoms with E-state index in [1.54, 1.807) is 0 Å². The summed E-state index contributed by atoms with van der Waals surface area (Å²) in [6.45, 7) is 0. The summed E-state index contributed by atoms with van der Waals surface area (Å²) in [7, 11) is 1.45. The second-order valence-corrected chi connectivity index (χ2v) is 5.14. The smallest absolute Gasteiger partial charge is 0.390 e. The maximum absolute atomic E-state index is 10.8. The van der Waals surface area contributed by atoms with Gasteiger partial charge >= 0.3 is 6.09 Å². The minimum absolute atomic E-state index is 0.0490. The van der Waals surface area contributed by atoms with Crippen molar-refractivity contribution in [2.45, 2.75) is 30.3 Å². The average Bonchev–Trinajstić information content (AvgIpc) is 2.32. The molecule has 4 unspecified atom stereocenters. The van der Waals surface area contributed by atoms with Crippen LogP contribution in [0.2, 0.25) is 0 Å². The maximum atomic E-state index is 10.8. The number of thioether (sulfide) groups is 1. The SMILES string of the molecule is CNC(=O)O/N=C1/SC2CCC1C(O)C2O. The van der Waals surface area contributed by atoms with Gasteiger partial charge in [0, 0.05) is 18.2 Å². The van der Waals surface area contributed by atoms with E-state index < -0.39 is 18.3 Å². The van der Waals surface area contributed by atoms with Crippen molar-refractivity contribution in [2.24, 2.45) is 11.1 Å². The summed E-state index contributed by atoms with van der Waals surface area (Å²) in [6.07, 6.45) is -0.516. The third kappa shape index (κ3) is 2.02. The number of hydrogen-bond acceptors (Lipinski definition) is 6. The lowest BCUT2D eigenvalue weighted by Crippen LogP contribution is -2.52. The van der Waals surface area contributed by atoms with E-state index in [1.165, 1.54) is 18.8 Å². The van der Waals surface area contributed by atoms with Crippen LogP contribution in [0.3, 0.4) is 0 Å². The quantitative estimate of drug-likeness (QED) is 0.444. The van der Waals surface area contributed by atoms with E-state index in [1.807, 2.05) is 0 Å². The van der Waals surface area contributed by atoms with Crippen LogP contribution in [0, 0.1) is 5.92 Å². The number of amides is 1. The van der Waals surface area contributed by atoms with Crippen molar-refractivity contribution in [3.63, 3.8) is 0 Å². The van der Waals surface area contributed by atoms with Crippen molar-refractivity contribution < 1.29 is 19.8 Å². The minimum Gasteiger partial charge on any atom is -0.390 e. The van der Waals surface area contributed by atoms with E-state index in [0.29, 0.717) is 5.04 Å². The molecule has 1 saturated carbocycles. The molecule has 2 aliphatic heterocycles. The Labute approximate surface area is 97.0 Å². The number of aliphatic hydroxyl groups excluding tert-OH is 2. The van der Waals surface area contributed by atoms with Gasteiger partial charge in [-0.2, -0.15) is 0 Å². The summed E-state index contributed by atoms with van der Waals surface area (Å²) in [5.74, 6) is -0.213. The van der Waals surface area contributed by atoms with Gasteiger partial charge in [-0.25, -0.2) is 4.79 Å². The van der Waals surface area contributed by atoms with Crippen molar-refractivity contribution in [3.8, 4) is 0 Å².